The molecule has 5 nitrogen and oxygen atoms in total. The molecule has 1 fully saturated rings. The summed E-state index contributed by atoms with van der Waals surface area (Å²) in [5.74, 6) is 0.266. The molecule has 19 heavy (non-hydrogen) atoms. The highest BCUT2D eigenvalue weighted by Crippen LogP contribution is 2.29. The first-order valence-electron chi connectivity index (χ1n) is 6.47. The van der Waals surface area contributed by atoms with E-state index in [1.54, 1.807) is 16.4 Å². The summed E-state index contributed by atoms with van der Waals surface area (Å²) < 4.78 is 26.9. The second-order valence-corrected chi connectivity index (χ2v) is 8.14. The Morgan fingerprint density at radius 2 is 2.26 bits per heavy atom. The molecule has 0 radical (unpaired) electrons. The maximum Gasteiger partial charge on any atom is 0.252 e. The van der Waals surface area contributed by atoms with Crippen LogP contribution in [0.25, 0.3) is 0 Å². The van der Waals surface area contributed by atoms with Crippen molar-refractivity contribution in [3.63, 3.8) is 0 Å². The lowest BCUT2D eigenvalue weighted by Crippen LogP contribution is -2.39. The van der Waals surface area contributed by atoms with Crippen molar-refractivity contribution in [2.75, 3.05) is 19.7 Å². The maximum absolute atomic E-state index is 12.5. The summed E-state index contributed by atoms with van der Waals surface area (Å²) in [5, 5.41) is 8.98. The fraction of sp³-hybridized carbons (Fsp3) is 0.667. The summed E-state index contributed by atoms with van der Waals surface area (Å²) in [5.41, 5.74) is 5.52. The SMILES string of the molecule is NCc1ccc(S(=O)(=O)N2CCCC(CCO)C2)s1. The minimum atomic E-state index is -3.39. The summed E-state index contributed by atoms with van der Waals surface area (Å²) in [6.45, 7) is 1.57. The molecule has 0 aliphatic carbocycles. The zero-order valence-corrected chi connectivity index (χ0v) is 12.4. The highest BCUT2D eigenvalue weighted by Gasteiger charge is 2.30. The van der Waals surface area contributed by atoms with Crippen molar-refractivity contribution in [3.05, 3.63) is 17.0 Å². The molecule has 1 aliphatic rings. The molecule has 1 aromatic heterocycles. The lowest BCUT2D eigenvalue weighted by Gasteiger charge is -2.31. The molecule has 0 bridgehead atoms. The van der Waals surface area contributed by atoms with E-state index in [9.17, 15) is 8.42 Å². The highest BCUT2D eigenvalue weighted by atomic mass is 32.2. The van der Waals surface area contributed by atoms with Gasteiger partial charge in [0.25, 0.3) is 10.0 Å². The van der Waals surface area contributed by atoms with Crippen molar-refractivity contribution in [1.29, 1.82) is 0 Å². The molecular formula is C12H20N2O3S2. The van der Waals surface area contributed by atoms with E-state index in [1.165, 1.54) is 11.3 Å². The summed E-state index contributed by atoms with van der Waals surface area (Å²) in [4.78, 5) is 0.877. The number of rotatable bonds is 5. The van der Waals surface area contributed by atoms with Gasteiger partial charge in [-0.25, -0.2) is 8.42 Å². The topological polar surface area (TPSA) is 83.6 Å². The summed E-state index contributed by atoms with van der Waals surface area (Å²) in [6, 6.07) is 3.41. The van der Waals surface area contributed by atoms with Crippen LogP contribution in [0.4, 0.5) is 0 Å². The molecule has 3 N–H and O–H groups in total. The molecule has 0 amide bonds. The van der Waals surface area contributed by atoms with E-state index in [0.717, 1.165) is 17.7 Å². The Hall–Kier alpha value is -0.470. The molecule has 0 saturated carbocycles. The van der Waals surface area contributed by atoms with Gasteiger partial charge in [0.2, 0.25) is 0 Å². The van der Waals surface area contributed by atoms with Crippen LogP contribution < -0.4 is 5.73 Å². The molecule has 2 heterocycles. The number of aliphatic hydroxyl groups excluding tert-OH is 1. The minimum absolute atomic E-state index is 0.120. The molecule has 1 aromatic rings. The van der Waals surface area contributed by atoms with Gasteiger partial charge in [0, 0.05) is 31.1 Å². The molecule has 0 spiro atoms. The highest BCUT2D eigenvalue weighted by molar-refractivity contribution is 7.91. The lowest BCUT2D eigenvalue weighted by molar-refractivity contribution is 0.203. The van der Waals surface area contributed by atoms with Crippen LogP contribution in [0.5, 0.6) is 0 Å². The average Bonchev–Trinajstić information content (AvgIpc) is 2.89. The molecule has 0 aromatic carbocycles. The second-order valence-electron chi connectivity index (χ2n) is 4.81. The molecule has 1 unspecified atom stereocenters. The predicted molar refractivity (Wildman–Crippen MR) is 75.4 cm³/mol. The van der Waals surface area contributed by atoms with Gasteiger partial charge in [0.15, 0.2) is 0 Å². The summed E-state index contributed by atoms with van der Waals surface area (Å²) in [6.07, 6.45) is 2.52. The molecular weight excluding hydrogens is 284 g/mol. The van der Waals surface area contributed by atoms with E-state index in [4.69, 9.17) is 10.8 Å². The molecule has 1 saturated heterocycles. The van der Waals surface area contributed by atoms with Crippen LogP contribution in [0.15, 0.2) is 16.3 Å². The fourth-order valence-corrected chi connectivity index (χ4v) is 5.34. The van der Waals surface area contributed by atoms with Gasteiger partial charge in [-0.15, -0.1) is 11.3 Å². The van der Waals surface area contributed by atoms with Crippen molar-refractivity contribution in [2.45, 2.75) is 30.0 Å². The quantitative estimate of drug-likeness (QED) is 0.849. The number of hydrogen-bond donors (Lipinski definition) is 2. The average molecular weight is 304 g/mol. The van der Waals surface area contributed by atoms with Gasteiger partial charge in [-0.1, -0.05) is 0 Å². The number of aliphatic hydroxyl groups is 1. The number of sulfonamides is 1. The van der Waals surface area contributed by atoms with Gasteiger partial charge in [-0.3, -0.25) is 0 Å². The van der Waals surface area contributed by atoms with Gasteiger partial charge in [0.1, 0.15) is 4.21 Å². The van der Waals surface area contributed by atoms with Crippen LogP contribution in [-0.4, -0.2) is 37.5 Å². The fourth-order valence-electron chi connectivity index (χ4n) is 2.40. The van der Waals surface area contributed by atoms with E-state index in [-0.39, 0.29) is 12.5 Å². The molecule has 108 valence electrons. The number of hydrogen-bond acceptors (Lipinski definition) is 5. The Morgan fingerprint density at radius 3 is 2.89 bits per heavy atom. The Labute approximate surface area is 118 Å². The van der Waals surface area contributed by atoms with E-state index >= 15 is 0 Å². The van der Waals surface area contributed by atoms with Crippen molar-refractivity contribution in [1.82, 2.24) is 4.31 Å². The van der Waals surface area contributed by atoms with E-state index in [1.807, 2.05) is 0 Å². The normalized spacial score (nSPS) is 21.7. The number of thiophene rings is 1. The van der Waals surface area contributed by atoms with Crippen LogP contribution in [0.2, 0.25) is 0 Å². The monoisotopic (exact) mass is 304 g/mol. The van der Waals surface area contributed by atoms with E-state index in [0.29, 0.717) is 30.3 Å². The summed E-state index contributed by atoms with van der Waals surface area (Å²) >= 11 is 1.24. The van der Waals surface area contributed by atoms with Gasteiger partial charge >= 0.3 is 0 Å². The largest absolute Gasteiger partial charge is 0.396 e. The maximum atomic E-state index is 12.5. The predicted octanol–water partition coefficient (Wildman–Crippen LogP) is 0.990. The standard InChI is InChI=1S/C12H20N2O3S2/c13-8-11-3-4-12(18-11)19(16,17)14-6-1-2-10(9-14)5-7-15/h3-4,10,15H,1-2,5-9,13H2. The first-order valence-corrected chi connectivity index (χ1v) is 8.73. The zero-order valence-electron chi connectivity index (χ0n) is 10.8. The summed E-state index contributed by atoms with van der Waals surface area (Å²) in [7, 11) is -3.39. The van der Waals surface area contributed by atoms with Crippen LogP contribution in [0, 0.1) is 5.92 Å². The van der Waals surface area contributed by atoms with Crippen LogP contribution in [-0.2, 0) is 16.6 Å². The van der Waals surface area contributed by atoms with Crippen molar-refractivity contribution >= 4 is 21.4 Å². The van der Waals surface area contributed by atoms with Gasteiger partial charge in [-0.05, 0) is 37.3 Å². The first-order chi connectivity index (χ1) is 9.07. The first kappa shape index (κ1) is 14.9. The second kappa shape index (κ2) is 6.32. The molecule has 7 heteroatoms. The van der Waals surface area contributed by atoms with Gasteiger partial charge in [-0.2, -0.15) is 4.31 Å². The Balaban J connectivity index is 2.14. The smallest absolute Gasteiger partial charge is 0.252 e. The molecule has 1 atom stereocenters. The number of nitrogens with zero attached hydrogens (tertiary/aromatic N) is 1. The zero-order chi connectivity index (χ0) is 13.9. The van der Waals surface area contributed by atoms with Crippen molar-refractivity contribution in [2.24, 2.45) is 11.7 Å². The molecule has 2 rings (SSSR count). The van der Waals surface area contributed by atoms with Gasteiger partial charge < -0.3 is 10.8 Å². The van der Waals surface area contributed by atoms with E-state index < -0.39 is 10.0 Å². The third kappa shape index (κ3) is 3.35. The van der Waals surface area contributed by atoms with Crippen LogP contribution >= 0.6 is 11.3 Å². The Kier molecular flexibility index (Phi) is 4.97. The van der Waals surface area contributed by atoms with Crippen molar-refractivity contribution in [3.8, 4) is 0 Å². The van der Waals surface area contributed by atoms with Crippen molar-refractivity contribution < 1.29 is 13.5 Å². The lowest BCUT2D eigenvalue weighted by atomic mass is 9.97. The minimum Gasteiger partial charge on any atom is -0.396 e. The Morgan fingerprint density at radius 1 is 1.47 bits per heavy atom. The Bertz CT molecular complexity index is 511. The third-order valence-electron chi connectivity index (χ3n) is 3.45. The third-order valence-corrected chi connectivity index (χ3v) is 6.89. The molecule has 1 aliphatic heterocycles. The van der Waals surface area contributed by atoms with E-state index in [2.05, 4.69) is 0 Å². The van der Waals surface area contributed by atoms with Crippen LogP contribution in [0.3, 0.4) is 0 Å². The number of nitrogens with two attached hydrogens (primary N) is 1. The van der Waals surface area contributed by atoms with Gasteiger partial charge in [0.05, 0.1) is 0 Å². The number of piperidine rings is 1. The van der Waals surface area contributed by atoms with Crippen LogP contribution in [0.1, 0.15) is 24.1 Å².